The van der Waals surface area contributed by atoms with Crippen LogP contribution in [0, 0.1) is 23.5 Å². The summed E-state index contributed by atoms with van der Waals surface area (Å²) in [5.41, 5.74) is -0.500. The summed E-state index contributed by atoms with van der Waals surface area (Å²) in [7, 11) is 0. The molecule has 2 nitrogen and oxygen atoms in total. The molecule has 3 atom stereocenters. The zero-order chi connectivity index (χ0) is 14.9. The molecule has 110 valence electrons. The summed E-state index contributed by atoms with van der Waals surface area (Å²) in [5, 5.41) is 2.75. The van der Waals surface area contributed by atoms with Crippen LogP contribution in [0.5, 0.6) is 0 Å². The quantitative estimate of drug-likeness (QED) is 0.851. The molecule has 1 N–H and O–H groups in total. The third-order valence-corrected chi connectivity index (χ3v) is 4.63. The molecule has 0 saturated heterocycles. The maximum atomic E-state index is 13.7. The molecule has 1 aromatic rings. The van der Waals surface area contributed by atoms with Crippen LogP contribution in [0.15, 0.2) is 16.6 Å². The maximum Gasteiger partial charge on any atom is 0.257 e. The highest BCUT2D eigenvalue weighted by atomic mass is 79.9. The number of hydrogen-bond donors (Lipinski definition) is 1. The van der Waals surface area contributed by atoms with E-state index >= 15 is 0 Å². The van der Waals surface area contributed by atoms with Gasteiger partial charge in [-0.05, 0) is 43.2 Å². The Hall–Kier alpha value is -0.970. The third kappa shape index (κ3) is 3.37. The number of carbonyl (C=O) groups is 1. The molecule has 20 heavy (non-hydrogen) atoms. The predicted molar refractivity (Wildman–Crippen MR) is 77.5 cm³/mol. The summed E-state index contributed by atoms with van der Waals surface area (Å²) in [5.74, 6) is -1.21. The second-order valence-corrected chi connectivity index (χ2v) is 6.60. The number of carbonyl (C=O) groups excluding carboxylic acids is 1. The number of halogens is 3. The first kappa shape index (κ1) is 15.4. The van der Waals surface area contributed by atoms with Gasteiger partial charge in [0.1, 0.15) is 17.2 Å². The second kappa shape index (κ2) is 6.20. The largest absolute Gasteiger partial charge is 0.349 e. The molecule has 1 fully saturated rings. The van der Waals surface area contributed by atoms with E-state index in [4.69, 9.17) is 0 Å². The van der Waals surface area contributed by atoms with Crippen molar-refractivity contribution in [3.63, 3.8) is 0 Å². The lowest BCUT2D eigenvalue weighted by molar-refractivity contribution is 0.0902. The van der Waals surface area contributed by atoms with Crippen LogP contribution in [-0.2, 0) is 0 Å². The Balaban J connectivity index is 2.09. The summed E-state index contributed by atoms with van der Waals surface area (Å²) in [6, 6.07) is 2.20. The summed E-state index contributed by atoms with van der Waals surface area (Å²) in [6.45, 7) is 4.33. The van der Waals surface area contributed by atoms with Gasteiger partial charge >= 0.3 is 0 Å². The molecule has 1 aliphatic rings. The first-order valence-electron chi connectivity index (χ1n) is 6.84. The van der Waals surface area contributed by atoms with Crippen LogP contribution >= 0.6 is 15.9 Å². The molecule has 1 aliphatic carbocycles. The van der Waals surface area contributed by atoms with Crippen LogP contribution in [0.2, 0.25) is 0 Å². The molecule has 0 spiro atoms. The van der Waals surface area contributed by atoms with Gasteiger partial charge in [-0.1, -0.05) is 29.8 Å². The van der Waals surface area contributed by atoms with Gasteiger partial charge < -0.3 is 5.32 Å². The van der Waals surface area contributed by atoms with Gasteiger partial charge in [-0.15, -0.1) is 0 Å². The Kier molecular flexibility index (Phi) is 4.78. The van der Waals surface area contributed by atoms with Crippen molar-refractivity contribution in [2.45, 2.75) is 39.2 Å². The minimum absolute atomic E-state index is 0.00357. The zero-order valence-electron chi connectivity index (χ0n) is 11.6. The average Bonchev–Trinajstić information content (AvgIpc) is 2.32. The maximum absolute atomic E-state index is 13.7. The van der Waals surface area contributed by atoms with Gasteiger partial charge in [0.05, 0.1) is 0 Å². The van der Waals surface area contributed by atoms with E-state index in [1.807, 2.05) is 0 Å². The molecule has 0 heterocycles. The molecule has 0 aromatic heterocycles. The number of amides is 1. The van der Waals surface area contributed by atoms with Crippen molar-refractivity contribution in [1.82, 2.24) is 5.32 Å². The Morgan fingerprint density at radius 3 is 2.35 bits per heavy atom. The standard InChI is InChI=1S/C15H18BrF2NO/c1-8-3-4-11(5-9(8)2)19-15(20)14-12(17)6-10(16)7-13(14)18/h6-9,11H,3-5H2,1-2H3,(H,19,20). The highest BCUT2D eigenvalue weighted by molar-refractivity contribution is 9.10. The fourth-order valence-corrected chi connectivity index (χ4v) is 3.10. The van der Waals surface area contributed by atoms with Crippen molar-refractivity contribution in [2.24, 2.45) is 11.8 Å². The van der Waals surface area contributed by atoms with E-state index in [1.54, 1.807) is 0 Å². The lowest BCUT2D eigenvalue weighted by Gasteiger charge is -2.32. The predicted octanol–water partition coefficient (Wildman–Crippen LogP) is 4.28. The Morgan fingerprint density at radius 1 is 1.20 bits per heavy atom. The fourth-order valence-electron chi connectivity index (χ4n) is 2.70. The van der Waals surface area contributed by atoms with E-state index in [2.05, 4.69) is 35.1 Å². The van der Waals surface area contributed by atoms with Gasteiger partial charge in [0.25, 0.3) is 5.91 Å². The minimum Gasteiger partial charge on any atom is -0.349 e. The van der Waals surface area contributed by atoms with Gasteiger partial charge in [-0.3, -0.25) is 4.79 Å². The smallest absolute Gasteiger partial charge is 0.257 e. The molecule has 0 bridgehead atoms. The van der Waals surface area contributed by atoms with E-state index in [0.29, 0.717) is 11.8 Å². The van der Waals surface area contributed by atoms with Gasteiger partial charge in [-0.2, -0.15) is 0 Å². The molecule has 2 rings (SSSR count). The first-order chi connectivity index (χ1) is 9.38. The Bertz CT molecular complexity index is 498. The SMILES string of the molecule is CC1CCC(NC(=O)c2c(F)cc(Br)cc2F)CC1C. The minimum atomic E-state index is -0.841. The molecule has 1 aromatic carbocycles. The number of hydrogen-bond acceptors (Lipinski definition) is 1. The molecule has 5 heteroatoms. The summed E-state index contributed by atoms with van der Waals surface area (Å²) >= 11 is 3.00. The topological polar surface area (TPSA) is 29.1 Å². The van der Waals surface area contributed by atoms with E-state index in [0.717, 1.165) is 31.4 Å². The van der Waals surface area contributed by atoms with Crippen LogP contribution < -0.4 is 5.32 Å². The van der Waals surface area contributed by atoms with E-state index in [-0.39, 0.29) is 10.5 Å². The lowest BCUT2D eigenvalue weighted by atomic mass is 9.79. The zero-order valence-corrected chi connectivity index (χ0v) is 13.1. The van der Waals surface area contributed by atoms with Crippen molar-refractivity contribution >= 4 is 21.8 Å². The van der Waals surface area contributed by atoms with E-state index in [9.17, 15) is 13.6 Å². The Morgan fingerprint density at radius 2 is 1.80 bits per heavy atom. The van der Waals surface area contributed by atoms with Crippen LogP contribution in [0.3, 0.4) is 0 Å². The second-order valence-electron chi connectivity index (χ2n) is 5.68. The van der Waals surface area contributed by atoms with Crippen LogP contribution in [0.4, 0.5) is 8.78 Å². The number of nitrogens with one attached hydrogen (secondary N) is 1. The number of benzene rings is 1. The van der Waals surface area contributed by atoms with Crippen LogP contribution in [0.1, 0.15) is 43.5 Å². The van der Waals surface area contributed by atoms with Crippen molar-refractivity contribution in [1.29, 1.82) is 0 Å². The highest BCUT2D eigenvalue weighted by Gasteiger charge is 2.27. The van der Waals surface area contributed by atoms with Crippen LogP contribution in [0.25, 0.3) is 0 Å². The fraction of sp³-hybridized carbons (Fsp3) is 0.533. The van der Waals surface area contributed by atoms with E-state index < -0.39 is 23.1 Å². The van der Waals surface area contributed by atoms with E-state index in [1.165, 1.54) is 0 Å². The average molecular weight is 346 g/mol. The van der Waals surface area contributed by atoms with Gasteiger partial charge in [0.2, 0.25) is 0 Å². The third-order valence-electron chi connectivity index (χ3n) is 4.17. The van der Waals surface area contributed by atoms with Gasteiger partial charge in [-0.25, -0.2) is 8.78 Å². The van der Waals surface area contributed by atoms with Gasteiger partial charge in [0.15, 0.2) is 0 Å². The monoisotopic (exact) mass is 345 g/mol. The molecular weight excluding hydrogens is 328 g/mol. The summed E-state index contributed by atoms with van der Waals surface area (Å²) in [4.78, 5) is 12.0. The van der Waals surface area contributed by atoms with Gasteiger partial charge in [0, 0.05) is 10.5 Å². The Labute approximate surface area is 126 Å². The molecule has 0 aliphatic heterocycles. The molecular formula is C15H18BrF2NO. The summed E-state index contributed by atoms with van der Waals surface area (Å²) in [6.07, 6.45) is 2.74. The normalized spacial score (nSPS) is 26.4. The molecule has 3 unspecified atom stereocenters. The lowest BCUT2D eigenvalue weighted by Crippen LogP contribution is -2.40. The van der Waals surface area contributed by atoms with Crippen molar-refractivity contribution in [2.75, 3.05) is 0 Å². The molecule has 1 amide bonds. The molecule has 0 radical (unpaired) electrons. The highest BCUT2D eigenvalue weighted by Crippen LogP contribution is 2.29. The number of rotatable bonds is 2. The first-order valence-corrected chi connectivity index (χ1v) is 7.63. The van der Waals surface area contributed by atoms with Crippen molar-refractivity contribution in [3.05, 3.63) is 33.8 Å². The summed E-state index contributed by atoms with van der Waals surface area (Å²) < 4.78 is 27.7. The van der Waals surface area contributed by atoms with Crippen molar-refractivity contribution < 1.29 is 13.6 Å². The van der Waals surface area contributed by atoms with Crippen LogP contribution in [-0.4, -0.2) is 11.9 Å². The van der Waals surface area contributed by atoms with Crippen molar-refractivity contribution in [3.8, 4) is 0 Å². The molecule has 1 saturated carbocycles.